The van der Waals surface area contributed by atoms with Crippen molar-refractivity contribution in [1.29, 1.82) is 0 Å². The van der Waals surface area contributed by atoms with Gasteiger partial charge >= 0.3 is 0 Å². The molecule has 0 saturated heterocycles. The predicted molar refractivity (Wildman–Crippen MR) is 98.1 cm³/mol. The van der Waals surface area contributed by atoms with Crippen molar-refractivity contribution in [1.82, 2.24) is 4.98 Å². The monoisotopic (exact) mass is 393 g/mol. The number of sulfonamides is 1. The summed E-state index contributed by atoms with van der Waals surface area (Å²) in [5, 5.41) is 9.01. The van der Waals surface area contributed by atoms with E-state index in [1.54, 1.807) is 36.4 Å². The van der Waals surface area contributed by atoms with Gasteiger partial charge in [-0.15, -0.1) is 0 Å². The molecule has 0 unspecified atom stereocenters. The summed E-state index contributed by atoms with van der Waals surface area (Å²) in [6.45, 7) is 0. The summed E-state index contributed by atoms with van der Waals surface area (Å²) in [7, 11) is -3.79. The maximum absolute atomic E-state index is 12.4. The minimum absolute atomic E-state index is 0.00992. The van der Waals surface area contributed by atoms with Crippen LogP contribution in [0.5, 0.6) is 0 Å². The van der Waals surface area contributed by atoms with Crippen LogP contribution in [0.15, 0.2) is 59.6 Å². The molecule has 25 heavy (non-hydrogen) atoms. The summed E-state index contributed by atoms with van der Waals surface area (Å²) < 4.78 is 22.8. The van der Waals surface area contributed by atoms with E-state index in [1.165, 1.54) is 18.3 Å². The van der Waals surface area contributed by atoms with Gasteiger partial charge in [-0.1, -0.05) is 41.1 Å². The van der Waals surface area contributed by atoms with Gasteiger partial charge in [-0.3, -0.25) is 4.79 Å². The maximum atomic E-state index is 12.4. The lowest BCUT2D eigenvalue weighted by molar-refractivity contribution is 0.104. The third-order valence-corrected chi connectivity index (χ3v) is 5.29. The Bertz CT molecular complexity index is 1050. The van der Waals surface area contributed by atoms with Gasteiger partial charge in [0.15, 0.2) is 5.13 Å². The van der Waals surface area contributed by atoms with E-state index in [-0.39, 0.29) is 10.7 Å². The molecule has 0 atom stereocenters. The molecule has 128 valence electrons. The van der Waals surface area contributed by atoms with Crippen LogP contribution in [-0.2, 0) is 10.0 Å². The van der Waals surface area contributed by atoms with Gasteiger partial charge < -0.3 is 5.32 Å². The van der Waals surface area contributed by atoms with Gasteiger partial charge in [0.25, 0.3) is 0 Å². The molecule has 3 N–H and O–H groups in total. The Morgan fingerprint density at radius 2 is 1.92 bits per heavy atom. The lowest BCUT2D eigenvalue weighted by Gasteiger charge is -2.04. The van der Waals surface area contributed by atoms with Crippen LogP contribution in [0.4, 0.5) is 10.8 Å². The van der Waals surface area contributed by atoms with E-state index in [2.05, 4.69) is 10.3 Å². The zero-order valence-electron chi connectivity index (χ0n) is 12.6. The third kappa shape index (κ3) is 4.23. The van der Waals surface area contributed by atoms with E-state index in [1.807, 2.05) is 0 Å². The number of anilines is 2. The molecule has 1 heterocycles. The number of hydrogen-bond acceptors (Lipinski definition) is 6. The third-order valence-electron chi connectivity index (χ3n) is 3.23. The second-order valence-electron chi connectivity index (χ2n) is 5.07. The van der Waals surface area contributed by atoms with Crippen molar-refractivity contribution in [2.24, 2.45) is 5.14 Å². The van der Waals surface area contributed by atoms with Crippen molar-refractivity contribution in [3.8, 4) is 0 Å². The number of primary sulfonamides is 1. The standard InChI is InChI=1S/C16H12ClN3O3S2/c17-11-4-1-3-10(7-11)15(21)14-9-19-16(24-14)20-12-5-2-6-13(8-12)25(18,22)23/h1-9H,(H,19,20)(H2,18,22,23). The first-order valence-electron chi connectivity index (χ1n) is 6.99. The fraction of sp³-hybridized carbons (Fsp3) is 0. The quantitative estimate of drug-likeness (QED) is 0.646. The molecule has 6 nitrogen and oxygen atoms in total. The average Bonchev–Trinajstić information content (AvgIpc) is 3.02. The highest BCUT2D eigenvalue weighted by Gasteiger charge is 2.14. The lowest BCUT2D eigenvalue weighted by atomic mass is 10.1. The Balaban J connectivity index is 1.82. The Morgan fingerprint density at radius 1 is 1.16 bits per heavy atom. The van der Waals surface area contributed by atoms with Crippen molar-refractivity contribution in [3.63, 3.8) is 0 Å². The summed E-state index contributed by atoms with van der Waals surface area (Å²) in [4.78, 5) is 17.0. The topological polar surface area (TPSA) is 102 Å². The molecule has 1 aromatic heterocycles. The SMILES string of the molecule is NS(=O)(=O)c1cccc(Nc2ncc(C(=O)c3cccc(Cl)c3)s2)c1. The minimum atomic E-state index is -3.79. The number of benzene rings is 2. The second-order valence-corrected chi connectivity index (χ2v) is 8.10. The van der Waals surface area contributed by atoms with Gasteiger partial charge in [0.05, 0.1) is 16.0 Å². The molecule has 0 spiro atoms. The van der Waals surface area contributed by atoms with E-state index in [9.17, 15) is 13.2 Å². The summed E-state index contributed by atoms with van der Waals surface area (Å²) >= 11 is 7.06. The largest absolute Gasteiger partial charge is 0.331 e. The molecule has 0 aliphatic carbocycles. The second kappa shape index (κ2) is 6.93. The molecule has 3 aromatic rings. The number of hydrogen-bond donors (Lipinski definition) is 2. The molecule has 0 aliphatic heterocycles. The van der Waals surface area contributed by atoms with Gasteiger partial charge in [-0.25, -0.2) is 18.5 Å². The van der Waals surface area contributed by atoms with Crippen LogP contribution in [-0.4, -0.2) is 19.2 Å². The van der Waals surface area contributed by atoms with Gasteiger partial charge in [0, 0.05) is 16.3 Å². The molecule has 0 aliphatic rings. The highest BCUT2D eigenvalue weighted by atomic mass is 35.5. The Kier molecular flexibility index (Phi) is 4.87. The van der Waals surface area contributed by atoms with Crippen LogP contribution >= 0.6 is 22.9 Å². The average molecular weight is 394 g/mol. The number of nitrogens with zero attached hydrogens (tertiary/aromatic N) is 1. The molecule has 0 fully saturated rings. The van der Waals surface area contributed by atoms with E-state index < -0.39 is 10.0 Å². The number of rotatable bonds is 5. The van der Waals surface area contributed by atoms with Crippen molar-refractivity contribution in [2.75, 3.05) is 5.32 Å². The number of carbonyl (C=O) groups excluding carboxylic acids is 1. The highest BCUT2D eigenvalue weighted by Crippen LogP contribution is 2.26. The summed E-state index contributed by atoms with van der Waals surface area (Å²) in [5.74, 6) is -0.189. The van der Waals surface area contributed by atoms with Gasteiger partial charge in [-0.2, -0.15) is 0 Å². The summed E-state index contributed by atoms with van der Waals surface area (Å²) in [6, 6.07) is 12.7. The van der Waals surface area contributed by atoms with Crippen molar-refractivity contribution in [3.05, 3.63) is 70.2 Å². The highest BCUT2D eigenvalue weighted by molar-refractivity contribution is 7.89. The van der Waals surface area contributed by atoms with Crippen LogP contribution in [0.25, 0.3) is 0 Å². The molecule has 0 amide bonds. The zero-order valence-corrected chi connectivity index (χ0v) is 15.0. The molecular formula is C16H12ClN3O3S2. The first-order chi connectivity index (χ1) is 11.8. The fourth-order valence-corrected chi connectivity index (χ4v) is 3.63. The van der Waals surface area contributed by atoms with E-state index in [0.717, 1.165) is 11.3 Å². The van der Waals surface area contributed by atoms with Gasteiger partial charge in [-0.05, 0) is 30.3 Å². The van der Waals surface area contributed by atoms with Gasteiger partial charge in [0.2, 0.25) is 15.8 Å². The Hall–Kier alpha value is -2.26. The lowest BCUT2D eigenvalue weighted by Crippen LogP contribution is -2.12. The molecule has 3 rings (SSSR count). The maximum Gasteiger partial charge on any atom is 0.238 e. The number of nitrogens with two attached hydrogens (primary N) is 1. The number of thiazole rings is 1. The number of nitrogens with one attached hydrogen (secondary N) is 1. The number of aromatic nitrogens is 1. The van der Waals surface area contributed by atoms with Crippen LogP contribution in [0, 0.1) is 0 Å². The molecule has 9 heteroatoms. The van der Waals surface area contributed by atoms with Crippen LogP contribution < -0.4 is 10.5 Å². The molecule has 0 saturated carbocycles. The van der Waals surface area contributed by atoms with Crippen LogP contribution in [0.1, 0.15) is 15.2 Å². The number of carbonyl (C=O) groups is 1. The fourth-order valence-electron chi connectivity index (χ4n) is 2.08. The molecule has 0 radical (unpaired) electrons. The van der Waals surface area contributed by atoms with E-state index in [4.69, 9.17) is 16.7 Å². The number of halogens is 1. The van der Waals surface area contributed by atoms with Crippen molar-refractivity contribution >= 4 is 49.6 Å². The van der Waals surface area contributed by atoms with Gasteiger partial charge in [0.1, 0.15) is 0 Å². The summed E-state index contributed by atoms with van der Waals surface area (Å²) in [6.07, 6.45) is 1.46. The Labute approximate surface area is 153 Å². The summed E-state index contributed by atoms with van der Waals surface area (Å²) in [5.41, 5.74) is 0.974. The first kappa shape index (κ1) is 17.6. The number of ketones is 1. The molecular weight excluding hydrogens is 382 g/mol. The predicted octanol–water partition coefficient (Wildman–Crippen LogP) is 3.42. The van der Waals surface area contributed by atoms with Crippen LogP contribution in [0.2, 0.25) is 5.02 Å². The first-order valence-corrected chi connectivity index (χ1v) is 9.73. The normalized spacial score (nSPS) is 11.3. The van der Waals surface area contributed by atoms with E-state index >= 15 is 0 Å². The van der Waals surface area contributed by atoms with Crippen molar-refractivity contribution < 1.29 is 13.2 Å². The molecule has 0 bridgehead atoms. The zero-order chi connectivity index (χ0) is 18.0. The van der Waals surface area contributed by atoms with Crippen LogP contribution in [0.3, 0.4) is 0 Å². The minimum Gasteiger partial charge on any atom is -0.331 e. The Morgan fingerprint density at radius 3 is 2.64 bits per heavy atom. The molecule has 2 aromatic carbocycles. The van der Waals surface area contributed by atoms with E-state index in [0.29, 0.717) is 26.3 Å². The van der Waals surface area contributed by atoms with Crippen molar-refractivity contribution in [2.45, 2.75) is 4.90 Å². The smallest absolute Gasteiger partial charge is 0.238 e.